The third-order valence-electron chi connectivity index (χ3n) is 3.25. The molecule has 1 aromatic rings. The molecule has 1 unspecified atom stereocenters. The van der Waals surface area contributed by atoms with Crippen molar-refractivity contribution < 1.29 is 14.9 Å². The zero-order valence-electron chi connectivity index (χ0n) is 12.6. The van der Waals surface area contributed by atoms with Crippen LogP contribution < -0.4 is 0 Å². The number of aliphatic hydroxyl groups excluding tert-OH is 2. The molecule has 1 atom stereocenters. The van der Waals surface area contributed by atoms with E-state index in [0.717, 1.165) is 24.5 Å². The van der Waals surface area contributed by atoms with Crippen molar-refractivity contribution in [2.75, 3.05) is 26.3 Å². The molecule has 1 aromatic heterocycles. The molecule has 0 aliphatic carbocycles. The summed E-state index contributed by atoms with van der Waals surface area (Å²) >= 11 is 1.69. The van der Waals surface area contributed by atoms with E-state index in [1.165, 1.54) is 4.88 Å². The van der Waals surface area contributed by atoms with Crippen LogP contribution >= 0.6 is 11.3 Å². The lowest BCUT2D eigenvalue weighted by molar-refractivity contribution is -0.150. The van der Waals surface area contributed by atoms with E-state index in [-0.39, 0.29) is 24.9 Å². The second-order valence-corrected chi connectivity index (χ2v) is 7.06. The fourth-order valence-corrected chi connectivity index (χ4v) is 3.51. The summed E-state index contributed by atoms with van der Waals surface area (Å²) < 4.78 is 5.83. The summed E-state index contributed by atoms with van der Waals surface area (Å²) in [5.41, 5.74) is -0.229. The van der Waals surface area contributed by atoms with E-state index in [1.807, 2.05) is 6.07 Å². The van der Waals surface area contributed by atoms with Crippen LogP contribution in [0.2, 0.25) is 0 Å². The molecule has 2 rings (SSSR count). The van der Waals surface area contributed by atoms with Crippen LogP contribution in [-0.4, -0.2) is 53.1 Å². The van der Waals surface area contributed by atoms with Gasteiger partial charge in [-0.15, -0.1) is 11.3 Å². The normalized spacial score (nSPS) is 21.8. The van der Waals surface area contributed by atoms with Gasteiger partial charge in [0.1, 0.15) is 0 Å². The second-order valence-electron chi connectivity index (χ2n) is 5.89. The molecule has 1 fully saturated rings. The smallest absolute Gasteiger partial charge is 0.0940 e. The highest BCUT2D eigenvalue weighted by molar-refractivity contribution is 7.12. The number of nitrogens with zero attached hydrogens (tertiary/aromatic N) is 1. The maximum absolute atomic E-state index is 9.34. The molecule has 5 heteroatoms. The minimum Gasteiger partial charge on any atom is -0.395 e. The maximum atomic E-state index is 9.34. The molecule has 116 valence electrons. The SMILES string of the molecule is CC1(C)CN(Cc2ccc(C#CCCO)s2)CC(CO)O1. The predicted octanol–water partition coefficient (Wildman–Crippen LogP) is 1.45. The Labute approximate surface area is 130 Å². The minimum atomic E-state index is -0.229. The lowest BCUT2D eigenvalue weighted by atomic mass is 10.1. The van der Waals surface area contributed by atoms with Crippen LogP contribution in [0.3, 0.4) is 0 Å². The van der Waals surface area contributed by atoms with Crippen molar-refractivity contribution in [3.8, 4) is 11.8 Å². The summed E-state index contributed by atoms with van der Waals surface area (Å²) in [6, 6.07) is 4.13. The Morgan fingerprint density at radius 2 is 2.24 bits per heavy atom. The lowest BCUT2D eigenvalue weighted by Gasteiger charge is -2.42. The number of thiophene rings is 1. The summed E-state index contributed by atoms with van der Waals surface area (Å²) in [4.78, 5) is 4.61. The van der Waals surface area contributed by atoms with Gasteiger partial charge in [0, 0.05) is 30.9 Å². The Morgan fingerprint density at radius 1 is 1.43 bits per heavy atom. The molecule has 0 aromatic carbocycles. The van der Waals surface area contributed by atoms with Crippen LogP contribution in [0.15, 0.2) is 12.1 Å². The fraction of sp³-hybridized carbons (Fsp3) is 0.625. The van der Waals surface area contributed by atoms with Crippen LogP contribution in [0.5, 0.6) is 0 Å². The molecule has 1 saturated heterocycles. The van der Waals surface area contributed by atoms with Gasteiger partial charge in [0.2, 0.25) is 0 Å². The Morgan fingerprint density at radius 3 is 2.95 bits per heavy atom. The Bertz CT molecular complexity index is 515. The Hall–Kier alpha value is -0.900. The summed E-state index contributed by atoms with van der Waals surface area (Å²) in [7, 11) is 0. The quantitative estimate of drug-likeness (QED) is 0.827. The predicted molar refractivity (Wildman–Crippen MR) is 84.2 cm³/mol. The first-order valence-electron chi connectivity index (χ1n) is 7.22. The van der Waals surface area contributed by atoms with E-state index in [2.05, 4.69) is 36.7 Å². The van der Waals surface area contributed by atoms with Crippen molar-refractivity contribution >= 4 is 11.3 Å². The zero-order chi connectivity index (χ0) is 15.3. The van der Waals surface area contributed by atoms with Crippen LogP contribution in [0, 0.1) is 11.8 Å². The monoisotopic (exact) mass is 309 g/mol. The van der Waals surface area contributed by atoms with E-state index in [0.29, 0.717) is 6.42 Å². The van der Waals surface area contributed by atoms with E-state index in [4.69, 9.17) is 9.84 Å². The summed E-state index contributed by atoms with van der Waals surface area (Å²) in [5, 5.41) is 18.1. The van der Waals surface area contributed by atoms with Gasteiger partial charge in [-0.2, -0.15) is 0 Å². The Kier molecular flexibility index (Phi) is 5.80. The van der Waals surface area contributed by atoms with Crippen LogP contribution in [-0.2, 0) is 11.3 Å². The molecule has 1 aliphatic rings. The van der Waals surface area contributed by atoms with Gasteiger partial charge in [-0.3, -0.25) is 4.90 Å². The van der Waals surface area contributed by atoms with Crippen LogP contribution in [0.4, 0.5) is 0 Å². The first kappa shape index (κ1) is 16.5. The van der Waals surface area contributed by atoms with Crippen LogP contribution in [0.1, 0.15) is 30.0 Å². The van der Waals surface area contributed by atoms with E-state index in [1.54, 1.807) is 11.3 Å². The largest absolute Gasteiger partial charge is 0.395 e. The molecule has 0 spiro atoms. The molecule has 0 saturated carbocycles. The summed E-state index contributed by atoms with van der Waals surface area (Å²) in [6.45, 7) is 6.74. The number of ether oxygens (including phenoxy) is 1. The van der Waals surface area contributed by atoms with Crippen molar-refractivity contribution in [3.63, 3.8) is 0 Å². The highest BCUT2D eigenvalue weighted by atomic mass is 32.1. The molecular weight excluding hydrogens is 286 g/mol. The fourth-order valence-electron chi connectivity index (χ4n) is 2.59. The van der Waals surface area contributed by atoms with Gasteiger partial charge in [-0.05, 0) is 26.0 Å². The van der Waals surface area contributed by atoms with Gasteiger partial charge >= 0.3 is 0 Å². The molecular formula is C16H23NO3S. The standard InChI is InChI=1S/C16H23NO3S/c1-16(2)12-17(9-13(11-19)20-16)10-15-7-6-14(21-15)5-3-4-8-18/h6-7,13,18-19H,4,8-12H2,1-2H3. The van der Waals surface area contributed by atoms with Gasteiger partial charge in [-0.25, -0.2) is 0 Å². The molecule has 0 amide bonds. The van der Waals surface area contributed by atoms with Crippen LogP contribution in [0.25, 0.3) is 0 Å². The van der Waals surface area contributed by atoms with Gasteiger partial charge < -0.3 is 14.9 Å². The third-order valence-corrected chi connectivity index (χ3v) is 4.23. The molecule has 2 N–H and O–H groups in total. The molecule has 0 bridgehead atoms. The molecule has 1 aliphatic heterocycles. The molecule has 0 radical (unpaired) electrons. The second kappa shape index (κ2) is 7.39. The number of hydrogen-bond donors (Lipinski definition) is 2. The number of morpholine rings is 1. The Balaban J connectivity index is 1.96. The topological polar surface area (TPSA) is 52.9 Å². The van der Waals surface area contributed by atoms with Crippen molar-refractivity contribution in [1.82, 2.24) is 4.90 Å². The lowest BCUT2D eigenvalue weighted by Crippen LogP contribution is -2.53. The molecule has 4 nitrogen and oxygen atoms in total. The highest BCUT2D eigenvalue weighted by Crippen LogP contribution is 2.24. The average molecular weight is 309 g/mol. The molecule has 2 heterocycles. The maximum Gasteiger partial charge on any atom is 0.0940 e. The number of aliphatic hydroxyl groups is 2. The minimum absolute atomic E-state index is 0.0578. The van der Waals surface area contributed by atoms with Crippen molar-refractivity contribution in [2.45, 2.75) is 38.5 Å². The number of rotatable bonds is 4. The van der Waals surface area contributed by atoms with Gasteiger partial charge in [0.15, 0.2) is 0 Å². The van der Waals surface area contributed by atoms with Crippen molar-refractivity contribution in [1.29, 1.82) is 0 Å². The number of hydrogen-bond acceptors (Lipinski definition) is 5. The van der Waals surface area contributed by atoms with E-state index < -0.39 is 0 Å². The first-order chi connectivity index (χ1) is 10.0. The van der Waals surface area contributed by atoms with Gasteiger partial charge in [-0.1, -0.05) is 11.8 Å². The van der Waals surface area contributed by atoms with Crippen molar-refractivity contribution in [3.05, 3.63) is 21.9 Å². The van der Waals surface area contributed by atoms with Gasteiger partial charge in [0.25, 0.3) is 0 Å². The average Bonchev–Trinajstić information content (AvgIpc) is 2.84. The van der Waals surface area contributed by atoms with E-state index >= 15 is 0 Å². The van der Waals surface area contributed by atoms with Gasteiger partial charge in [0.05, 0.1) is 29.8 Å². The first-order valence-corrected chi connectivity index (χ1v) is 8.03. The zero-order valence-corrected chi connectivity index (χ0v) is 13.4. The summed E-state index contributed by atoms with van der Waals surface area (Å²) in [5.74, 6) is 6.01. The summed E-state index contributed by atoms with van der Waals surface area (Å²) in [6.07, 6.45) is 0.404. The highest BCUT2D eigenvalue weighted by Gasteiger charge is 2.32. The molecule has 21 heavy (non-hydrogen) atoms. The van der Waals surface area contributed by atoms with Crippen molar-refractivity contribution in [2.24, 2.45) is 0 Å². The third kappa shape index (κ3) is 5.10. The van der Waals surface area contributed by atoms with E-state index in [9.17, 15) is 5.11 Å².